The highest BCUT2D eigenvalue weighted by Gasteiger charge is 2.44. The number of carbonyl (C=O) groups is 2. The number of fused-ring (bicyclic) bond motifs is 3. The Morgan fingerprint density at radius 3 is 3.06 bits per heavy atom. The van der Waals surface area contributed by atoms with Crippen molar-refractivity contribution in [3.05, 3.63) is 34.9 Å². The van der Waals surface area contributed by atoms with Crippen molar-refractivity contribution in [2.45, 2.75) is 25.8 Å². The van der Waals surface area contributed by atoms with Crippen LogP contribution in [0.5, 0.6) is 0 Å². The zero-order chi connectivity index (χ0) is 12.0. The fourth-order valence-electron chi connectivity index (χ4n) is 2.64. The van der Waals surface area contributed by atoms with Gasteiger partial charge < -0.3 is 4.90 Å². The van der Waals surface area contributed by atoms with Crippen molar-refractivity contribution in [1.82, 2.24) is 4.90 Å². The van der Waals surface area contributed by atoms with Crippen LogP contribution >= 0.6 is 11.8 Å². The summed E-state index contributed by atoms with van der Waals surface area (Å²) in [7, 11) is 0. The Bertz CT molecular complexity index is 490. The van der Waals surface area contributed by atoms with Crippen molar-refractivity contribution in [1.29, 1.82) is 0 Å². The zero-order valence-corrected chi connectivity index (χ0v) is 10.4. The van der Waals surface area contributed by atoms with Crippen molar-refractivity contribution >= 4 is 22.8 Å². The van der Waals surface area contributed by atoms with Gasteiger partial charge in [-0.15, -0.1) is 0 Å². The van der Waals surface area contributed by atoms with E-state index in [-0.39, 0.29) is 17.1 Å². The predicted molar refractivity (Wildman–Crippen MR) is 66.9 cm³/mol. The van der Waals surface area contributed by atoms with E-state index in [1.54, 1.807) is 17.2 Å². The summed E-state index contributed by atoms with van der Waals surface area (Å²) in [6.07, 6.45) is 7.76. The van der Waals surface area contributed by atoms with Crippen LogP contribution in [0.4, 0.5) is 0 Å². The summed E-state index contributed by atoms with van der Waals surface area (Å²) in [6, 6.07) is -0.266. The molecule has 0 aromatic rings. The van der Waals surface area contributed by atoms with Crippen LogP contribution in [-0.4, -0.2) is 22.0 Å². The van der Waals surface area contributed by atoms with Gasteiger partial charge >= 0.3 is 0 Å². The number of thioether (sulfide) groups is 1. The molecule has 88 valence electrons. The van der Waals surface area contributed by atoms with E-state index in [4.69, 9.17) is 0 Å². The molecule has 0 N–H and O–H groups in total. The maximum Gasteiger partial charge on any atom is 0.254 e. The summed E-state index contributed by atoms with van der Waals surface area (Å²) < 4.78 is 0. The van der Waals surface area contributed by atoms with Crippen molar-refractivity contribution < 1.29 is 9.59 Å². The zero-order valence-electron chi connectivity index (χ0n) is 9.55. The molecule has 17 heavy (non-hydrogen) atoms. The van der Waals surface area contributed by atoms with Crippen LogP contribution in [0.25, 0.3) is 0 Å². The Balaban J connectivity index is 2.06. The topological polar surface area (TPSA) is 37.4 Å². The Kier molecular flexibility index (Phi) is 2.47. The molecular weight excluding hydrogens is 234 g/mol. The molecule has 3 aliphatic rings. The number of amides is 1. The second-order valence-corrected chi connectivity index (χ2v) is 5.49. The number of carbonyl (C=O) groups excluding carboxylic acids is 2. The number of hydrogen-bond acceptors (Lipinski definition) is 3. The molecule has 0 spiro atoms. The van der Waals surface area contributed by atoms with Gasteiger partial charge in [0, 0.05) is 17.2 Å². The maximum atomic E-state index is 12.3. The monoisotopic (exact) mass is 247 g/mol. The second kappa shape index (κ2) is 3.88. The lowest BCUT2D eigenvalue weighted by Gasteiger charge is -2.24. The molecule has 1 saturated heterocycles. The summed E-state index contributed by atoms with van der Waals surface area (Å²) in [6.45, 7) is 1.78. The third kappa shape index (κ3) is 1.59. The molecule has 2 atom stereocenters. The molecule has 0 radical (unpaired) electrons. The molecule has 2 heterocycles. The Labute approximate surface area is 104 Å². The van der Waals surface area contributed by atoms with Gasteiger partial charge in [-0.2, -0.15) is 0 Å². The summed E-state index contributed by atoms with van der Waals surface area (Å²) in [5.41, 5.74) is 1.67. The number of hydrogen-bond donors (Lipinski definition) is 0. The average molecular weight is 247 g/mol. The Morgan fingerprint density at radius 2 is 2.24 bits per heavy atom. The molecule has 2 aliphatic heterocycles. The van der Waals surface area contributed by atoms with E-state index in [2.05, 4.69) is 6.08 Å². The largest absolute Gasteiger partial charge is 0.301 e. The highest BCUT2D eigenvalue weighted by molar-refractivity contribution is 8.16. The SMILES string of the molecule is CC1=CSC(=O)C2CC3CC=CC=C3N2C1=O. The predicted octanol–water partition coefficient (Wildman–Crippen LogP) is 2.22. The van der Waals surface area contributed by atoms with E-state index >= 15 is 0 Å². The van der Waals surface area contributed by atoms with Gasteiger partial charge in [0.05, 0.1) is 0 Å². The van der Waals surface area contributed by atoms with Gasteiger partial charge in [0.2, 0.25) is 5.12 Å². The second-order valence-electron chi connectivity index (χ2n) is 4.62. The lowest BCUT2D eigenvalue weighted by Crippen LogP contribution is -2.37. The van der Waals surface area contributed by atoms with Crippen LogP contribution in [0, 0.1) is 5.92 Å². The van der Waals surface area contributed by atoms with Gasteiger partial charge in [0.1, 0.15) is 6.04 Å². The summed E-state index contributed by atoms with van der Waals surface area (Å²) in [5.74, 6) is 0.321. The van der Waals surface area contributed by atoms with Crippen LogP contribution in [0.2, 0.25) is 0 Å². The quantitative estimate of drug-likeness (QED) is 0.658. The molecule has 0 aromatic heterocycles. The Morgan fingerprint density at radius 1 is 1.41 bits per heavy atom. The first kappa shape index (κ1) is 10.8. The van der Waals surface area contributed by atoms with E-state index in [0.29, 0.717) is 11.5 Å². The molecule has 1 fully saturated rings. The molecule has 1 aliphatic carbocycles. The first-order valence-corrected chi connectivity index (χ1v) is 6.64. The highest BCUT2D eigenvalue weighted by Crippen LogP contribution is 2.41. The van der Waals surface area contributed by atoms with Crippen LogP contribution in [-0.2, 0) is 9.59 Å². The van der Waals surface area contributed by atoms with E-state index in [1.165, 1.54) is 0 Å². The summed E-state index contributed by atoms with van der Waals surface area (Å²) >= 11 is 1.16. The maximum absolute atomic E-state index is 12.3. The minimum absolute atomic E-state index is 0.0163. The number of allylic oxidation sites excluding steroid dienone is 4. The van der Waals surface area contributed by atoms with Gasteiger partial charge in [0.15, 0.2) is 0 Å². The molecule has 4 heteroatoms. The first-order valence-electron chi connectivity index (χ1n) is 5.76. The van der Waals surface area contributed by atoms with Crippen molar-refractivity contribution in [2.75, 3.05) is 0 Å². The van der Waals surface area contributed by atoms with E-state index in [0.717, 1.165) is 30.3 Å². The molecule has 3 rings (SSSR count). The standard InChI is InChI=1S/C13H13NO2S/c1-8-7-17-13(16)11-6-9-4-2-3-5-10(9)14(11)12(8)15/h2-3,5,7,9,11H,4,6H2,1H3. The molecular formula is C13H13NO2S. The molecule has 2 unspecified atom stereocenters. The van der Waals surface area contributed by atoms with Gasteiger partial charge in [-0.1, -0.05) is 23.9 Å². The van der Waals surface area contributed by atoms with Crippen LogP contribution < -0.4 is 0 Å². The minimum Gasteiger partial charge on any atom is -0.301 e. The lowest BCUT2D eigenvalue weighted by molar-refractivity contribution is -0.129. The fourth-order valence-corrected chi connectivity index (χ4v) is 3.39. The van der Waals surface area contributed by atoms with E-state index < -0.39 is 0 Å². The van der Waals surface area contributed by atoms with Gasteiger partial charge in [-0.25, -0.2) is 0 Å². The molecule has 3 nitrogen and oxygen atoms in total. The normalized spacial score (nSPS) is 31.7. The third-order valence-corrected chi connectivity index (χ3v) is 4.50. The van der Waals surface area contributed by atoms with E-state index in [1.807, 2.05) is 12.2 Å². The summed E-state index contributed by atoms with van der Waals surface area (Å²) in [5, 5.41) is 1.77. The number of nitrogens with zero attached hydrogens (tertiary/aromatic N) is 1. The van der Waals surface area contributed by atoms with Crippen molar-refractivity contribution in [3.8, 4) is 0 Å². The van der Waals surface area contributed by atoms with Gasteiger partial charge in [0.25, 0.3) is 5.91 Å². The minimum atomic E-state index is -0.266. The summed E-state index contributed by atoms with van der Waals surface area (Å²) in [4.78, 5) is 26.0. The molecule has 0 saturated carbocycles. The molecule has 0 aromatic carbocycles. The average Bonchev–Trinajstić information content (AvgIpc) is 2.69. The lowest BCUT2D eigenvalue weighted by atomic mass is 9.96. The van der Waals surface area contributed by atoms with Crippen molar-refractivity contribution in [2.24, 2.45) is 5.92 Å². The van der Waals surface area contributed by atoms with Gasteiger partial charge in [-0.05, 0) is 31.2 Å². The fraction of sp³-hybridized carbons (Fsp3) is 0.385. The first-order chi connectivity index (χ1) is 8.18. The molecule has 0 bridgehead atoms. The number of rotatable bonds is 0. The van der Waals surface area contributed by atoms with Crippen LogP contribution in [0.1, 0.15) is 19.8 Å². The third-order valence-electron chi connectivity index (χ3n) is 3.52. The highest BCUT2D eigenvalue weighted by atomic mass is 32.2. The van der Waals surface area contributed by atoms with Crippen LogP contribution in [0.3, 0.4) is 0 Å². The van der Waals surface area contributed by atoms with Gasteiger partial charge in [-0.3, -0.25) is 9.59 Å². The van der Waals surface area contributed by atoms with Crippen molar-refractivity contribution in [3.63, 3.8) is 0 Å². The van der Waals surface area contributed by atoms with Crippen LogP contribution in [0.15, 0.2) is 34.9 Å². The smallest absolute Gasteiger partial charge is 0.254 e. The molecule has 1 amide bonds. The Hall–Kier alpha value is -1.29. The van der Waals surface area contributed by atoms with E-state index in [9.17, 15) is 9.59 Å².